The number of hydrogen-bond acceptors (Lipinski definition) is 7. The summed E-state index contributed by atoms with van der Waals surface area (Å²) < 4.78 is 0. The van der Waals surface area contributed by atoms with Crippen molar-refractivity contribution in [3.63, 3.8) is 0 Å². The number of thiocarbonyl (C=S) groups is 1. The van der Waals surface area contributed by atoms with Gasteiger partial charge in [-0.05, 0) is 44.7 Å². The van der Waals surface area contributed by atoms with Crippen molar-refractivity contribution in [2.45, 2.75) is 33.2 Å². The molecule has 0 saturated carbocycles. The molecule has 4 heterocycles. The third-order valence-corrected chi connectivity index (χ3v) is 7.06. The van der Waals surface area contributed by atoms with Gasteiger partial charge in [-0.2, -0.15) is 0 Å². The number of likely N-dealkylation sites (N-methyl/N-ethyl adjacent to an activating group) is 1. The molecule has 1 aromatic carbocycles. The number of aromatic nitrogens is 3. The first-order valence-corrected chi connectivity index (χ1v) is 12.4. The highest BCUT2D eigenvalue weighted by molar-refractivity contribution is 7.80. The molecule has 2 N–H and O–H groups in total. The molecule has 1 saturated heterocycles. The average molecular weight is 494 g/mol. The molecule has 176 valence electrons. The quantitative estimate of drug-likeness (QED) is 0.488. The van der Waals surface area contributed by atoms with E-state index in [-0.39, 0.29) is 0 Å². The molecule has 0 bridgehead atoms. The number of halogens is 1. The van der Waals surface area contributed by atoms with E-state index in [0.29, 0.717) is 23.4 Å². The fourth-order valence-corrected chi connectivity index (χ4v) is 5.10. The van der Waals surface area contributed by atoms with Gasteiger partial charge in [0, 0.05) is 60.1 Å². The molecule has 2 aromatic heterocycles. The second-order valence-electron chi connectivity index (χ2n) is 8.86. The van der Waals surface area contributed by atoms with Gasteiger partial charge in [0.15, 0.2) is 0 Å². The van der Waals surface area contributed by atoms with Gasteiger partial charge in [0.25, 0.3) is 0 Å². The largest absolute Gasteiger partial charge is 0.367 e. The van der Waals surface area contributed by atoms with Crippen molar-refractivity contribution in [2.24, 2.45) is 0 Å². The minimum absolute atomic E-state index is 0.512. The number of pyridine rings is 1. The molecular formula is C25H28ClN7S. The minimum Gasteiger partial charge on any atom is -0.367 e. The van der Waals surface area contributed by atoms with E-state index < -0.39 is 0 Å². The van der Waals surface area contributed by atoms with Crippen LogP contribution in [-0.2, 0) is 6.42 Å². The van der Waals surface area contributed by atoms with Crippen molar-refractivity contribution in [3.05, 3.63) is 52.9 Å². The first-order valence-electron chi connectivity index (χ1n) is 11.6. The summed E-state index contributed by atoms with van der Waals surface area (Å²) in [5.41, 5.74) is 6.56. The number of nitrogens with zero attached hydrogens (tertiary/aromatic N) is 5. The van der Waals surface area contributed by atoms with Crippen LogP contribution in [0.25, 0.3) is 11.3 Å². The molecule has 2 aliphatic heterocycles. The Labute approximate surface area is 210 Å². The van der Waals surface area contributed by atoms with Crippen molar-refractivity contribution >= 4 is 51.8 Å². The summed E-state index contributed by atoms with van der Waals surface area (Å²) in [4.78, 5) is 19.7. The second kappa shape index (κ2) is 9.44. The van der Waals surface area contributed by atoms with Crippen molar-refractivity contribution in [1.82, 2.24) is 19.9 Å². The minimum atomic E-state index is 0.512. The summed E-state index contributed by atoms with van der Waals surface area (Å²) in [7, 11) is 0. The summed E-state index contributed by atoms with van der Waals surface area (Å²) in [5, 5.41) is 7.34. The van der Waals surface area contributed by atoms with Gasteiger partial charge in [-0.15, -0.1) is 0 Å². The maximum atomic E-state index is 6.22. The summed E-state index contributed by atoms with van der Waals surface area (Å²) in [6.45, 7) is 10.6. The Morgan fingerprint density at radius 1 is 1.21 bits per heavy atom. The van der Waals surface area contributed by atoms with E-state index >= 15 is 0 Å². The van der Waals surface area contributed by atoms with Gasteiger partial charge in [0.05, 0.1) is 33.9 Å². The number of aryl methyl sites for hydroxylation is 1. The number of rotatable bonds is 4. The lowest BCUT2D eigenvalue weighted by Gasteiger charge is -2.40. The first kappa shape index (κ1) is 23.0. The Hall–Kier alpha value is -2.81. The van der Waals surface area contributed by atoms with Crippen LogP contribution in [0.4, 0.5) is 23.0 Å². The molecule has 2 aliphatic rings. The smallest absolute Gasteiger partial charge is 0.227 e. The predicted molar refractivity (Wildman–Crippen MR) is 144 cm³/mol. The maximum Gasteiger partial charge on any atom is 0.227 e. The van der Waals surface area contributed by atoms with Crippen molar-refractivity contribution in [3.8, 4) is 11.3 Å². The summed E-state index contributed by atoms with van der Waals surface area (Å²) in [6, 6.07) is 8.38. The topological polar surface area (TPSA) is 69.2 Å². The fraction of sp³-hybridized carbons (Fsp3) is 0.360. The molecule has 3 aromatic rings. The number of benzene rings is 1. The number of piperazine rings is 1. The van der Waals surface area contributed by atoms with Crippen LogP contribution < -0.4 is 15.5 Å². The van der Waals surface area contributed by atoms with E-state index in [1.54, 1.807) is 0 Å². The Kier molecular flexibility index (Phi) is 6.38. The standard InChI is InChI=1S/C25H28ClN7S/c1-4-32-7-8-33(14-15(32)2)19-11-21(16(3)27-13-19)30-25-28-12-17-9-23(34)29-22-10-18(26)5-6-20(22)24(17)31-25/h5-6,10-13,15H,4,7-9,14H2,1-3H3,(H,29,34)(H,28,30,31). The second-order valence-corrected chi connectivity index (χ2v) is 9.79. The van der Waals surface area contributed by atoms with Crippen LogP contribution in [0.3, 0.4) is 0 Å². The van der Waals surface area contributed by atoms with E-state index in [1.807, 2.05) is 37.5 Å². The van der Waals surface area contributed by atoms with Gasteiger partial charge in [-0.1, -0.05) is 30.7 Å². The summed E-state index contributed by atoms with van der Waals surface area (Å²) in [6.07, 6.45) is 4.38. The molecule has 9 heteroatoms. The Morgan fingerprint density at radius 3 is 2.85 bits per heavy atom. The predicted octanol–water partition coefficient (Wildman–Crippen LogP) is 5.07. The van der Waals surface area contributed by atoms with Crippen LogP contribution in [0, 0.1) is 6.92 Å². The van der Waals surface area contributed by atoms with Gasteiger partial charge in [-0.3, -0.25) is 9.88 Å². The number of nitrogens with one attached hydrogen (secondary N) is 2. The van der Waals surface area contributed by atoms with Crippen LogP contribution in [-0.4, -0.2) is 57.1 Å². The number of fused-ring (bicyclic) bond motifs is 3. The van der Waals surface area contributed by atoms with Gasteiger partial charge < -0.3 is 15.5 Å². The number of hydrogen-bond donors (Lipinski definition) is 2. The van der Waals surface area contributed by atoms with Crippen molar-refractivity contribution < 1.29 is 0 Å². The van der Waals surface area contributed by atoms with E-state index in [4.69, 9.17) is 28.8 Å². The highest BCUT2D eigenvalue weighted by Gasteiger charge is 2.24. The molecule has 0 spiro atoms. The average Bonchev–Trinajstić information content (AvgIpc) is 2.95. The molecule has 1 fully saturated rings. The molecule has 0 aliphatic carbocycles. The highest BCUT2D eigenvalue weighted by Crippen LogP contribution is 2.35. The zero-order valence-electron chi connectivity index (χ0n) is 19.6. The zero-order valence-corrected chi connectivity index (χ0v) is 21.2. The maximum absolute atomic E-state index is 6.22. The Bertz CT molecular complexity index is 1250. The molecule has 0 radical (unpaired) electrons. The van der Waals surface area contributed by atoms with Crippen molar-refractivity contribution in [2.75, 3.05) is 41.7 Å². The Morgan fingerprint density at radius 2 is 2.06 bits per heavy atom. The summed E-state index contributed by atoms with van der Waals surface area (Å²) in [5.74, 6) is 0.527. The van der Waals surface area contributed by atoms with Gasteiger partial charge >= 0.3 is 0 Å². The lowest BCUT2D eigenvalue weighted by Crippen LogP contribution is -2.51. The molecule has 1 unspecified atom stereocenters. The van der Waals surface area contributed by atoms with Crippen LogP contribution in [0.2, 0.25) is 5.02 Å². The normalized spacial score (nSPS) is 18.1. The lowest BCUT2D eigenvalue weighted by molar-refractivity contribution is 0.199. The monoisotopic (exact) mass is 493 g/mol. The third-order valence-electron chi connectivity index (χ3n) is 6.58. The van der Waals surface area contributed by atoms with Crippen LogP contribution in [0.15, 0.2) is 36.7 Å². The van der Waals surface area contributed by atoms with Crippen LogP contribution in [0.1, 0.15) is 25.1 Å². The molecule has 1 atom stereocenters. The SMILES string of the molecule is CCN1CCN(c2cnc(C)c(Nc3ncc4c(n3)-c3ccc(Cl)cc3NC(=S)C4)c2)CC1C. The van der Waals surface area contributed by atoms with Gasteiger partial charge in [-0.25, -0.2) is 9.97 Å². The molecule has 0 amide bonds. The Balaban J connectivity index is 1.44. The van der Waals surface area contributed by atoms with Gasteiger partial charge in [0.1, 0.15) is 0 Å². The molecular weight excluding hydrogens is 466 g/mol. The first-order chi connectivity index (χ1) is 16.4. The van der Waals surface area contributed by atoms with Gasteiger partial charge in [0.2, 0.25) is 5.95 Å². The van der Waals surface area contributed by atoms with E-state index in [2.05, 4.69) is 50.3 Å². The highest BCUT2D eigenvalue weighted by atomic mass is 35.5. The number of anilines is 4. The van der Waals surface area contributed by atoms with Crippen molar-refractivity contribution in [1.29, 1.82) is 0 Å². The molecule has 7 nitrogen and oxygen atoms in total. The van der Waals surface area contributed by atoms with E-state index in [0.717, 1.165) is 70.7 Å². The third kappa shape index (κ3) is 4.58. The van der Waals surface area contributed by atoms with Crippen LogP contribution in [0.5, 0.6) is 0 Å². The molecule has 34 heavy (non-hydrogen) atoms. The molecule has 5 rings (SSSR count). The van der Waals surface area contributed by atoms with E-state index in [9.17, 15) is 0 Å². The fourth-order valence-electron chi connectivity index (χ4n) is 4.66. The summed E-state index contributed by atoms with van der Waals surface area (Å²) >= 11 is 11.7. The lowest BCUT2D eigenvalue weighted by atomic mass is 10.1. The zero-order chi connectivity index (χ0) is 23.8. The van der Waals surface area contributed by atoms with Crippen LogP contribution >= 0.6 is 23.8 Å². The van der Waals surface area contributed by atoms with E-state index in [1.165, 1.54) is 0 Å².